The van der Waals surface area contributed by atoms with E-state index in [1.807, 2.05) is 30.3 Å². The van der Waals surface area contributed by atoms with E-state index in [1.165, 1.54) is 19.6 Å². The number of hydrogen-bond acceptors (Lipinski definition) is 2. The predicted molar refractivity (Wildman–Crippen MR) is 85.1 cm³/mol. The summed E-state index contributed by atoms with van der Waals surface area (Å²) < 4.78 is 0.492. The Balaban J connectivity index is 0.000000325. The average molecular weight is 270 g/mol. The summed E-state index contributed by atoms with van der Waals surface area (Å²) in [7, 11) is 0. The van der Waals surface area contributed by atoms with Crippen LogP contribution in [0.4, 0.5) is 5.69 Å². The second-order valence-electron chi connectivity index (χ2n) is 3.42. The predicted octanol–water partition coefficient (Wildman–Crippen LogP) is 3.66. The van der Waals surface area contributed by atoms with Crippen molar-refractivity contribution in [1.29, 1.82) is 0 Å². The Morgan fingerprint density at radius 1 is 1.12 bits per heavy atom. The first-order chi connectivity index (χ1) is 8.13. The molecule has 0 aliphatic heterocycles. The zero-order valence-corrected chi connectivity index (χ0v) is 12.5. The number of anilines is 1. The Morgan fingerprint density at radius 3 is 1.88 bits per heavy atom. The molecule has 0 aromatic heterocycles. The average Bonchev–Trinajstić information content (AvgIpc) is 2.32. The maximum Gasteiger partial charge on any atom is 0.135 e. The number of thiocarbonyl (C=S) groups is 1. The SMILES string of the molecule is CCN(CC)CC.S=C(S)Nc1ccccc1. The van der Waals surface area contributed by atoms with E-state index in [0.717, 1.165) is 5.69 Å². The van der Waals surface area contributed by atoms with E-state index in [4.69, 9.17) is 12.2 Å². The van der Waals surface area contributed by atoms with Crippen molar-refractivity contribution in [2.75, 3.05) is 25.0 Å². The number of para-hydroxylation sites is 1. The molecule has 4 heteroatoms. The molecule has 0 aliphatic carbocycles. The van der Waals surface area contributed by atoms with Crippen LogP contribution in [0, 0.1) is 0 Å². The van der Waals surface area contributed by atoms with Crippen molar-refractivity contribution >= 4 is 34.9 Å². The number of thiol groups is 1. The number of hydrogen-bond donors (Lipinski definition) is 2. The van der Waals surface area contributed by atoms with E-state index < -0.39 is 0 Å². The van der Waals surface area contributed by atoms with E-state index in [0.29, 0.717) is 4.32 Å². The molecule has 1 aromatic carbocycles. The van der Waals surface area contributed by atoms with Crippen molar-refractivity contribution in [3.63, 3.8) is 0 Å². The van der Waals surface area contributed by atoms with Gasteiger partial charge in [-0.3, -0.25) is 0 Å². The lowest BCUT2D eigenvalue weighted by molar-refractivity contribution is 0.321. The molecule has 0 spiro atoms. The largest absolute Gasteiger partial charge is 0.341 e. The Bertz CT molecular complexity index is 292. The molecule has 17 heavy (non-hydrogen) atoms. The van der Waals surface area contributed by atoms with Gasteiger partial charge in [-0.2, -0.15) is 0 Å². The number of benzene rings is 1. The van der Waals surface area contributed by atoms with Gasteiger partial charge in [0, 0.05) is 5.69 Å². The van der Waals surface area contributed by atoms with Gasteiger partial charge in [-0.15, -0.1) is 12.6 Å². The highest BCUT2D eigenvalue weighted by Gasteiger charge is 1.89. The second-order valence-corrected chi connectivity index (χ2v) is 4.57. The van der Waals surface area contributed by atoms with Crippen molar-refractivity contribution in [2.45, 2.75) is 20.8 Å². The zero-order chi connectivity index (χ0) is 13.1. The van der Waals surface area contributed by atoms with Crippen molar-refractivity contribution in [2.24, 2.45) is 0 Å². The first-order valence-electron chi connectivity index (χ1n) is 5.91. The first-order valence-corrected chi connectivity index (χ1v) is 6.76. The summed E-state index contributed by atoms with van der Waals surface area (Å²) in [6.45, 7) is 10.1. The molecule has 2 nitrogen and oxygen atoms in total. The minimum absolute atomic E-state index is 0.492. The lowest BCUT2D eigenvalue weighted by Crippen LogP contribution is -2.21. The van der Waals surface area contributed by atoms with Gasteiger partial charge in [0.2, 0.25) is 0 Å². The first kappa shape index (κ1) is 16.4. The molecule has 0 amide bonds. The molecule has 0 unspecified atom stereocenters. The van der Waals surface area contributed by atoms with E-state index >= 15 is 0 Å². The van der Waals surface area contributed by atoms with Crippen LogP contribution in [0.1, 0.15) is 20.8 Å². The van der Waals surface area contributed by atoms with Crippen LogP contribution in [0.25, 0.3) is 0 Å². The van der Waals surface area contributed by atoms with Gasteiger partial charge < -0.3 is 10.2 Å². The normalized spacial score (nSPS) is 9.47. The molecular weight excluding hydrogens is 248 g/mol. The third-order valence-corrected chi connectivity index (χ3v) is 2.58. The van der Waals surface area contributed by atoms with Gasteiger partial charge in [-0.1, -0.05) is 51.2 Å². The second kappa shape index (κ2) is 10.6. The number of rotatable bonds is 4. The molecule has 0 aliphatic rings. The molecule has 0 bridgehead atoms. The fraction of sp³-hybridized carbons (Fsp3) is 0.462. The maximum absolute atomic E-state index is 4.73. The van der Waals surface area contributed by atoms with Gasteiger partial charge in [0.25, 0.3) is 0 Å². The van der Waals surface area contributed by atoms with Crippen molar-refractivity contribution in [3.05, 3.63) is 30.3 Å². The number of nitrogens with one attached hydrogen (secondary N) is 1. The van der Waals surface area contributed by atoms with E-state index in [1.54, 1.807) is 0 Å². The Morgan fingerprint density at radius 2 is 1.59 bits per heavy atom. The van der Waals surface area contributed by atoms with Gasteiger partial charge in [0.15, 0.2) is 0 Å². The summed E-state index contributed by atoms with van der Waals surface area (Å²) in [5, 5.41) is 2.90. The molecule has 0 radical (unpaired) electrons. The van der Waals surface area contributed by atoms with Crippen LogP contribution in [-0.4, -0.2) is 28.9 Å². The fourth-order valence-electron chi connectivity index (χ4n) is 1.32. The molecule has 0 saturated carbocycles. The van der Waals surface area contributed by atoms with Gasteiger partial charge in [-0.05, 0) is 31.8 Å². The Hall–Kier alpha value is -0.580. The van der Waals surface area contributed by atoms with Crippen LogP contribution in [0.5, 0.6) is 0 Å². The summed E-state index contributed by atoms with van der Waals surface area (Å²) >= 11 is 8.66. The lowest BCUT2D eigenvalue weighted by atomic mass is 10.3. The third-order valence-electron chi connectivity index (χ3n) is 2.37. The summed E-state index contributed by atoms with van der Waals surface area (Å²) in [6, 6.07) is 9.69. The fourth-order valence-corrected chi connectivity index (χ4v) is 1.56. The van der Waals surface area contributed by atoms with Crippen LogP contribution >= 0.6 is 24.8 Å². The molecule has 1 rings (SSSR count). The smallest absolute Gasteiger partial charge is 0.135 e. The topological polar surface area (TPSA) is 15.3 Å². The minimum atomic E-state index is 0.492. The van der Waals surface area contributed by atoms with Crippen LogP contribution in [-0.2, 0) is 0 Å². The highest BCUT2D eigenvalue weighted by atomic mass is 32.1. The standard InChI is InChI=1S/C7H7NS2.C6H15N/c9-7(10)8-6-4-2-1-3-5-6;1-4-7(5-2)6-3/h1-5H,(H2,8,9,10);4-6H2,1-3H3. The molecular formula is C13H22N2S2. The summed E-state index contributed by atoms with van der Waals surface area (Å²) in [6.07, 6.45) is 0. The minimum Gasteiger partial charge on any atom is -0.341 e. The molecule has 96 valence electrons. The Kier molecular flexibility index (Phi) is 10.2. The third kappa shape index (κ3) is 9.15. The highest BCUT2D eigenvalue weighted by molar-refractivity contribution is 8.11. The van der Waals surface area contributed by atoms with Crippen LogP contribution in [0.3, 0.4) is 0 Å². The molecule has 0 saturated heterocycles. The molecule has 0 atom stereocenters. The zero-order valence-electron chi connectivity index (χ0n) is 10.8. The molecule has 1 N–H and O–H groups in total. The van der Waals surface area contributed by atoms with E-state index in [9.17, 15) is 0 Å². The van der Waals surface area contributed by atoms with Crippen molar-refractivity contribution < 1.29 is 0 Å². The molecule has 1 aromatic rings. The van der Waals surface area contributed by atoms with Crippen molar-refractivity contribution in [1.82, 2.24) is 4.90 Å². The maximum atomic E-state index is 4.73. The van der Waals surface area contributed by atoms with Crippen LogP contribution < -0.4 is 5.32 Å². The summed E-state index contributed by atoms with van der Waals surface area (Å²) in [5.74, 6) is 0. The molecule has 0 fully saturated rings. The van der Waals surface area contributed by atoms with Gasteiger partial charge >= 0.3 is 0 Å². The quantitative estimate of drug-likeness (QED) is 0.641. The summed E-state index contributed by atoms with van der Waals surface area (Å²) in [5.41, 5.74) is 0.975. The van der Waals surface area contributed by atoms with Gasteiger partial charge in [-0.25, -0.2) is 0 Å². The highest BCUT2D eigenvalue weighted by Crippen LogP contribution is 2.05. The Labute approximate surface area is 116 Å². The van der Waals surface area contributed by atoms with E-state index in [-0.39, 0.29) is 0 Å². The number of nitrogens with zero attached hydrogens (tertiary/aromatic N) is 1. The molecule has 0 heterocycles. The lowest BCUT2D eigenvalue weighted by Gasteiger charge is -2.13. The van der Waals surface area contributed by atoms with Crippen LogP contribution in [0.2, 0.25) is 0 Å². The van der Waals surface area contributed by atoms with Crippen LogP contribution in [0.15, 0.2) is 30.3 Å². The monoisotopic (exact) mass is 270 g/mol. The van der Waals surface area contributed by atoms with Gasteiger partial charge in [0.1, 0.15) is 4.32 Å². The van der Waals surface area contributed by atoms with Crippen molar-refractivity contribution in [3.8, 4) is 0 Å². The summed E-state index contributed by atoms with van der Waals surface area (Å²) in [4.78, 5) is 2.38. The van der Waals surface area contributed by atoms with E-state index in [2.05, 4.69) is 43.6 Å². The van der Waals surface area contributed by atoms with Gasteiger partial charge in [0.05, 0.1) is 0 Å².